The first-order chi connectivity index (χ1) is 25.2. The van der Waals surface area contributed by atoms with Gasteiger partial charge in [-0.05, 0) is 52.1 Å². The van der Waals surface area contributed by atoms with E-state index in [4.69, 9.17) is 19.4 Å². The highest BCUT2D eigenvalue weighted by Crippen LogP contribution is 2.39. The second-order valence-corrected chi connectivity index (χ2v) is 12.3. The lowest BCUT2D eigenvalue weighted by Crippen LogP contribution is -2.01. The number of hydrogen-bond donors (Lipinski definition) is 0. The number of furan rings is 1. The Kier molecular flexibility index (Phi) is 7.46. The maximum Gasteiger partial charge on any atom is 0.164 e. The highest BCUT2D eigenvalue weighted by Gasteiger charge is 2.19. The van der Waals surface area contributed by atoms with Crippen molar-refractivity contribution in [2.45, 2.75) is 0 Å². The second kappa shape index (κ2) is 12.7. The van der Waals surface area contributed by atoms with Gasteiger partial charge in [0.1, 0.15) is 11.2 Å². The van der Waals surface area contributed by atoms with Crippen molar-refractivity contribution >= 4 is 21.9 Å². The summed E-state index contributed by atoms with van der Waals surface area (Å²) in [5.74, 6) is 1.61. The normalized spacial score (nSPS) is 11.1. The quantitative estimate of drug-likeness (QED) is 0.179. The SMILES string of the molecule is N#Cc1ccccc1-c1ccccc1-c1nc(-c2ccccc2)nc(-c2ccc3c(c2)oc2cccc(-c4ccc(-c5ccccc5)cc4)c23)n1. The van der Waals surface area contributed by atoms with E-state index >= 15 is 0 Å². The Bertz CT molecular complexity index is 2750. The van der Waals surface area contributed by atoms with E-state index in [9.17, 15) is 5.26 Å². The number of hydrogen-bond acceptors (Lipinski definition) is 5. The molecule has 0 atom stereocenters. The fourth-order valence-electron chi connectivity index (χ4n) is 6.75. The zero-order valence-electron chi connectivity index (χ0n) is 27.4. The standard InChI is InChI=1S/C46H28N4O/c47-29-35-16-7-8-17-36(35)38-18-9-10-19-39(38)46-49-44(33-14-5-2-6-15-33)48-45(50-46)34-26-27-40-42(28-34)51-41-21-11-20-37(43(40)41)32-24-22-31(23-25-32)30-12-3-1-4-13-30/h1-28H. The van der Waals surface area contributed by atoms with Crippen LogP contribution in [0.5, 0.6) is 0 Å². The summed E-state index contributed by atoms with van der Waals surface area (Å²) in [5.41, 5.74) is 11.0. The minimum absolute atomic E-state index is 0.521. The number of aromatic nitrogens is 3. The van der Waals surface area contributed by atoms with Crippen LogP contribution in [0.25, 0.3) is 89.5 Å². The van der Waals surface area contributed by atoms with Gasteiger partial charge < -0.3 is 4.42 Å². The Morgan fingerprint density at radius 3 is 1.69 bits per heavy atom. The van der Waals surface area contributed by atoms with Crippen LogP contribution < -0.4 is 0 Å². The molecule has 9 aromatic rings. The van der Waals surface area contributed by atoms with Gasteiger partial charge in [0, 0.05) is 33.0 Å². The summed E-state index contributed by atoms with van der Waals surface area (Å²) in [4.78, 5) is 15.0. The molecule has 2 aromatic heterocycles. The van der Waals surface area contributed by atoms with E-state index in [2.05, 4.69) is 72.8 Å². The first kappa shape index (κ1) is 29.9. The Morgan fingerprint density at radius 2 is 0.941 bits per heavy atom. The van der Waals surface area contributed by atoms with Crippen molar-refractivity contribution in [3.8, 4) is 73.6 Å². The molecule has 0 aliphatic carbocycles. The molecule has 0 amide bonds. The molecule has 2 heterocycles. The third kappa shape index (κ3) is 5.51. The summed E-state index contributed by atoms with van der Waals surface area (Å²) >= 11 is 0. The van der Waals surface area contributed by atoms with Crippen molar-refractivity contribution in [2.24, 2.45) is 0 Å². The van der Waals surface area contributed by atoms with E-state index < -0.39 is 0 Å². The molecular weight excluding hydrogens is 625 g/mol. The summed E-state index contributed by atoms with van der Waals surface area (Å²) in [5, 5.41) is 12.0. The molecule has 0 aliphatic rings. The van der Waals surface area contributed by atoms with Gasteiger partial charge in [0.15, 0.2) is 17.5 Å². The molecule has 238 valence electrons. The number of fused-ring (bicyclic) bond motifs is 3. The third-order valence-corrected chi connectivity index (χ3v) is 9.23. The monoisotopic (exact) mass is 652 g/mol. The minimum Gasteiger partial charge on any atom is -0.456 e. The first-order valence-electron chi connectivity index (χ1n) is 16.8. The van der Waals surface area contributed by atoms with E-state index in [1.807, 2.05) is 103 Å². The number of nitriles is 1. The highest BCUT2D eigenvalue weighted by molar-refractivity contribution is 6.13. The summed E-state index contributed by atoms with van der Waals surface area (Å²) in [6.45, 7) is 0. The summed E-state index contributed by atoms with van der Waals surface area (Å²) in [6, 6.07) is 59.3. The van der Waals surface area contributed by atoms with Gasteiger partial charge in [-0.1, -0.05) is 146 Å². The predicted molar refractivity (Wildman–Crippen MR) is 204 cm³/mol. The lowest BCUT2D eigenvalue weighted by Gasteiger charge is -2.12. The van der Waals surface area contributed by atoms with Crippen LogP contribution in [0.2, 0.25) is 0 Å². The maximum atomic E-state index is 9.90. The molecule has 5 nitrogen and oxygen atoms in total. The second-order valence-electron chi connectivity index (χ2n) is 12.3. The van der Waals surface area contributed by atoms with Gasteiger partial charge in [0.05, 0.1) is 11.6 Å². The Hall–Kier alpha value is -7.16. The van der Waals surface area contributed by atoms with Gasteiger partial charge in [-0.15, -0.1) is 0 Å². The van der Waals surface area contributed by atoms with Crippen molar-refractivity contribution in [3.05, 3.63) is 175 Å². The van der Waals surface area contributed by atoms with Crippen LogP contribution in [0.15, 0.2) is 174 Å². The average Bonchev–Trinajstić information content (AvgIpc) is 3.60. The van der Waals surface area contributed by atoms with Gasteiger partial charge in [-0.3, -0.25) is 0 Å². The molecule has 0 bridgehead atoms. The van der Waals surface area contributed by atoms with Crippen LogP contribution in [-0.2, 0) is 0 Å². The molecule has 9 rings (SSSR count). The van der Waals surface area contributed by atoms with Gasteiger partial charge in [0.2, 0.25) is 0 Å². The van der Waals surface area contributed by atoms with Crippen LogP contribution in [0, 0.1) is 11.3 Å². The lowest BCUT2D eigenvalue weighted by atomic mass is 9.95. The minimum atomic E-state index is 0.521. The molecule has 0 saturated heterocycles. The van der Waals surface area contributed by atoms with Crippen molar-refractivity contribution in [1.82, 2.24) is 15.0 Å². The van der Waals surface area contributed by atoms with Crippen LogP contribution in [0.1, 0.15) is 5.56 Å². The van der Waals surface area contributed by atoms with Gasteiger partial charge in [0.25, 0.3) is 0 Å². The number of rotatable bonds is 6. The Morgan fingerprint density at radius 1 is 0.392 bits per heavy atom. The lowest BCUT2D eigenvalue weighted by molar-refractivity contribution is 0.669. The molecule has 0 N–H and O–H groups in total. The molecule has 51 heavy (non-hydrogen) atoms. The molecule has 5 heteroatoms. The van der Waals surface area contributed by atoms with Crippen molar-refractivity contribution in [2.75, 3.05) is 0 Å². The van der Waals surface area contributed by atoms with E-state index in [0.29, 0.717) is 23.0 Å². The van der Waals surface area contributed by atoms with Crippen LogP contribution >= 0.6 is 0 Å². The summed E-state index contributed by atoms with van der Waals surface area (Å²) in [7, 11) is 0. The van der Waals surface area contributed by atoms with Gasteiger partial charge in [-0.2, -0.15) is 5.26 Å². The zero-order valence-corrected chi connectivity index (χ0v) is 27.4. The smallest absolute Gasteiger partial charge is 0.164 e. The fraction of sp³-hybridized carbons (Fsp3) is 0. The Labute approximate surface area is 294 Å². The largest absolute Gasteiger partial charge is 0.456 e. The predicted octanol–water partition coefficient (Wildman–Crippen LogP) is 11.6. The molecular formula is C46H28N4O. The molecule has 0 aliphatic heterocycles. The number of benzene rings is 7. The molecule has 0 unspecified atom stereocenters. The summed E-state index contributed by atoms with van der Waals surface area (Å²) in [6.07, 6.45) is 0. The molecule has 0 fully saturated rings. The van der Waals surface area contributed by atoms with Crippen LogP contribution in [0.4, 0.5) is 0 Å². The van der Waals surface area contributed by atoms with Crippen LogP contribution in [-0.4, -0.2) is 15.0 Å². The zero-order chi connectivity index (χ0) is 34.1. The Balaban J connectivity index is 1.18. The van der Waals surface area contributed by atoms with E-state index in [0.717, 1.165) is 60.9 Å². The van der Waals surface area contributed by atoms with Gasteiger partial charge in [-0.25, -0.2) is 15.0 Å². The number of nitrogens with zero attached hydrogens (tertiary/aromatic N) is 4. The van der Waals surface area contributed by atoms with Crippen molar-refractivity contribution in [1.29, 1.82) is 5.26 Å². The average molecular weight is 653 g/mol. The van der Waals surface area contributed by atoms with Crippen LogP contribution in [0.3, 0.4) is 0 Å². The van der Waals surface area contributed by atoms with Crippen molar-refractivity contribution < 1.29 is 4.42 Å². The third-order valence-electron chi connectivity index (χ3n) is 9.23. The highest BCUT2D eigenvalue weighted by atomic mass is 16.3. The molecule has 7 aromatic carbocycles. The van der Waals surface area contributed by atoms with E-state index in [1.165, 1.54) is 11.1 Å². The fourth-order valence-corrected chi connectivity index (χ4v) is 6.75. The maximum absolute atomic E-state index is 9.90. The van der Waals surface area contributed by atoms with E-state index in [1.54, 1.807) is 0 Å². The van der Waals surface area contributed by atoms with Crippen molar-refractivity contribution in [3.63, 3.8) is 0 Å². The molecule has 0 radical (unpaired) electrons. The van der Waals surface area contributed by atoms with Gasteiger partial charge >= 0.3 is 0 Å². The van der Waals surface area contributed by atoms with E-state index in [-0.39, 0.29) is 0 Å². The molecule has 0 saturated carbocycles. The first-order valence-corrected chi connectivity index (χ1v) is 16.8. The molecule has 0 spiro atoms. The topological polar surface area (TPSA) is 75.6 Å². The summed E-state index contributed by atoms with van der Waals surface area (Å²) < 4.78 is 6.50.